The van der Waals surface area contributed by atoms with Gasteiger partial charge in [0, 0.05) is 10.9 Å². The first-order valence-corrected chi connectivity index (χ1v) is 6.67. The molecule has 0 heterocycles. The van der Waals surface area contributed by atoms with Crippen LogP contribution in [0.25, 0.3) is 0 Å². The number of methoxy groups -OCH3 is 1. The fourth-order valence-corrected chi connectivity index (χ4v) is 1.92. The second-order valence-corrected chi connectivity index (χ2v) is 4.23. The summed E-state index contributed by atoms with van der Waals surface area (Å²) in [5.74, 6) is 0.570. The van der Waals surface area contributed by atoms with E-state index in [2.05, 4.69) is 15.9 Å². The maximum Gasteiger partial charge on any atom is 0.277 e. The van der Waals surface area contributed by atoms with E-state index in [1.807, 2.05) is 6.07 Å². The van der Waals surface area contributed by atoms with Crippen molar-refractivity contribution in [2.45, 2.75) is 24.8 Å². The molecule has 19 heavy (non-hydrogen) atoms. The summed E-state index contributed by atoms with van der Waals surface area (Å²) in [5, 5.41) is 20.2. The molecule has 1 aromatic rings. The fraction of sp³-hybridized carbons (Fsp3) is 0.417. The first kappa shape index (κ1) is 15.2. The van der Waals surface area contributed by atoms with Gasteiger partial charge < -0.3 is 9.47 Å². The number of halogens is 1. The predicted octanol–water partition coefficient (Wildman–Crippen LogP) is 3.18. The summed E-state index contributed by atoms with van der Waals surface area (Å²) in [6.07, 6.45) is -0.184. The molecule has 1 aromatic carbocycles. The van der Waals surface area contributed by atoms with Gasteiger partial charge in [0.15, 0.2) is 17.6 Å². The first-order valence-electron chi connectivity index (χ1n) is 5.54. The lowest BCUT2D eigenvalue weighted by Gasteiger charge is -2.14. The summed E-state index contributed by atoms with van der Waals surface area (Å²) in [7, 11) is 1.44. The number of ether oxygens (including phenoxy) is 2. The van der Waals surface area contributed by atoms with Crippen molar-refractivity contribution in [1.29, 1.82) is 5.26 Å². The van der Waals surface area contributed by atoms with Crippen molar-refractivity contribution in [2.75, 3.05) is 7.11 Å². The Morgan fingerprint density at radius 3 is 2.63 bits per heavy atom. The normalized spacial score (nSPS) is 11.5. The Bertz CT molecular complexity index is 513. The van der Waals surface area contributed by atoms with Gasteiger partial charge in [-0.3, -0.25) is 10.1 Å². The molecule has 0 bridgehead atoms. The molecular formula is C12H13BrN2O4. The molecule has 0 amide bonds. The lowest BCUT2D eigenvalue weighted by molar-refractivity contribution is -0.385. The third-order valence-corrected chi connectivity index (χ3v) is 3.09. The van der Waals surface area contributed by atoms with Gasteiger partial charge >= 0.3 is 0 Å². The summed E-state index contributed by atoms with van der Waals surface area (Å²) < 4.78 is 10.6. The van der Waals surface area contributed by atoms with Crippen molar-refractivity contribution in [3.63, 3.8) is 0 Å². The highest BCUT2D eigenvalue weighted by atomic mass is 79.9. The van der Waals surface area contributed by atoms with Gasteiger partial charge in [0.2, 0.25) is 0 Å². The first-order chi connectivity index (χ1) is 9.07. The lowest BCUT2D eigenvalue weighted by atomic mass is 10.1. The number of nitro benzene ring substituents is 1. The number of hydrogen-bond acceptors (Lipinski definition) is 5. The van der Waals surface area contributed by atoms with Crippen LogP contribution in [0.4, 0.5) is 5.69 Å². The SMILES string of the molecule is CCC(C#N)Oc1cc([N+](=O)[O-])c(CBr)cc1OC. The molecule has 0 saturated carbocycles. The number of rotatable bonds is 6. The molecule has 0 aliphatic heterocycles. The molecule has 0 aliphatic rings. The van der Waals surface area contributed by atoms with E-state index in [9.17, 15) is 10.1 Å². The van der Waals surface area contributed by atoms with E-state index >= 15 is 0 Å². The third kappa shape index (κ3) is 3.58. The average Bonchev–Trinajstić information content (AvgIpc) is 2.43. The van der Waals surface area contributed by atoms with E-state index in [0.717, 1.165) is 0 Å². The van der Waals surface area contributed by atoms with E-state index in [0.29, 0.717) is 23.1 Å². The van der Waals surface area contributed by atoms with Gasteiger partial charge in [0.25, 0.3) is 5.69 Å². The monoisotopic (exact) mass is 328 g/mol. The van der Waals surface area contributed by atoms with Crippen molar-refractivity contribution in [3.8, 4) is 17.6 Å². The van der Waals surface area contributed by atoms with Crippen molar-refractivity contribution in [2.24, 2.45) is 0 Å². The number of hydrogen-bond donors (Lipinski definition) is 0. The topological polar surface area (TPSA) is 85.4 Å². The van der Waals surface area contributed by atoms with Crippen molar-refractivity contribution in [3.05, 3.63) is 27.8 Å². The zero-order valence-corrected chi connectivity index (χ0v) is 12.1. The molecule has 7 heteroatoms. The van der Waals surface area contributed by atoms with Gasteiger partial charge in [-0.1, -0.05) is 22.9 Å². The van der Waals surface area contributed by atoms with Crippen LogP contribution in [0.3, 0.4) is 0 Å². The fourth-order valence-electron chi connectivity index (χ4n) is 1.47. The Labute approximate surface area is 119 Å². The molecule has 0 fully saturated rings. The zero-order chi connectivity index (χ0) is 14.4. The molecule has 1 rings (SSSR count). The van der Waals surface area contributed by atoms with Crippen LogP contribution in [0.2, 0.25) is 0 Å². The Kier molecular flexibility index (Phi) is 5.57. The molecule has 0 N–H and O–H groups in total. The number of nitrogens with zero attached hydrogens (tertiary/aromatic N) is 2. The van der Waals surface area contributed by atoms with E-state index in [1.54, 1.807) is 6.92 Å². The molecule has 1 atom stereocenters. The number of benzene rings is 1. The zero-order valence-electron chi connectivity index (χ0n) is 10.6. The van der Waals surface area contributed by atoms with Crippen LogP contribution in [-0.4, -0.2) is 18.1 Å². The highest BCUT2D eigenvalue weighted by molar-refractivity contribution is 9.08. The lowest BCUT2D eigenvalue weighted by Crippen LogP contribution is -2.13. The van der Waals surface area contributed by atoms with Crippen molar-refractivity contribution in [1.82, 2.24) is 0 Å². The molecular weight excluding hydrogens is 316 g/mol. The standard InChI is InChI=1S/C12H13BrN2O4/c1-3-9(7-14)19-12-5-10(15(16)17)8(6-13)4-11(12)18-2/h4-5,9H,3,6H2,1-2H3. The van der Waals surface area contributed by atoms with Gasteiger partial charge in [0.1, 0.15) is 6.07 Å². The van der Waals surface area contributed by atoms with Crippen LogP contribution in [0.5, 0.6) is 11.5 Å². The Morgan fingerprint density at radius 2 is 2.21 bits per heavy atom. The van der Waals surface area contributed by atoms with Gasteiger partial charge in [-0.15, -0.1) is 0 Å². The van der Waals surface area contributed by atoms with Crippen molar-refractivity contribution < 1.29 is 14.4 Å². The number of nitriles is 1. The summed E-state index contributed by atoms with van der Waals surface area (Å²) in [4.78, 5) is 10.5. The molecule has 0 aliphatic carbocycles. The van der Waals surface area contributed by atoms with Crippen LogP contribution in [0.1, 0.15) is 18.9 Å². The highest BCUT2D eigenvalue weighted by Gasteiger charge is 2.20. The van der Waals surface area contributed by atoms with Gasteiger partial charge in [-0.25, -0.2) is 0 Å². The quantitative estimate of drug-likeness (QED) is 0.454. The molecule has 0 saturated heterocycles. The highest BCUT2D eigenvalue weighted by Crippen LogP contribution is 2.36. The largest absolute Gasteiger partial charge is 0.493 e. The molecule has 102 valence electrons. The Hall–Kier alpha value is -1.81. The maximum absolute atomic E-state index is 11.0. The second-order valence-electron chi connectivity index (χ2n) is 3.67. The number of alkyl halides is 1. The third-order valence-electron chi connectivity index (χ3n) is 2.49. The van der Waals surface area contributed by atoms with Crippen LogP contribution < -0.4 is 9.47 Å². The van der Waals surface area contributed by atoms with Crippen LogP contribution >= 0.6 is 15.9 Å². The summed E-state index contributed by atoms with van der Waals surface area (Å²) >= 11 is 3.19. The Morgan fingerprint density at radius 1 is 1.53 bits per heavy atom. The minimum atomic E-state index is -0.664. The van der Waals surface area contributed by atoms with E-state index in [4.69, 9.17) is 14.7 Å². The minimum Gasteiger partial charge on any atom is -0.493 e. The molecule has 0 aromatic heterocycles. The summed E-state index contributed by atoms with van der Waals surface area (Å²) in [6, 6.07) is 4.79. The molecule has 6 nitrogen and oxygen atoms in total. The Balaban J connectivity index is 3.26. The molecule has 1 unspecified atom stereocenters. The van der Waals surface area contributed by atoms with Crippen LogP contribution in [-0.2, 0) is 5.33 Å². The van der Waals surface area contributed by atoms with Crippen LogP contribution in [0.15, 0.2) is 12.1 Å². The van der Waals surface area contributed by atoms with E-state index < -0.39 is 11.0 Å². The smallest absolute Gasteiger partial charge is 0.277 e. The predicted molar refractivity (Wildman–Crippen MR) is 72.6 cm³/mol. The number of nitro groups is 1. The van der Waals surface area contributed by atoms with E-state index in [-0.39, 0.29) is 11.4 Å². The molecule has 0 radical (unpaired) electrons. The van der Waals surface area contributed by atoms with Crippen LogP contribution in [0, 0.1) is 21.4 Å². The maximum atomic E-state index is 11.0. The average molecular weight is 329 g/mol. The second kappa shape index (κ2) is 6.95. The van der Waals surface area contributed by atoms with Gasteiger partial charge in [-0.05, 0) is 12.5 Å². The van der Waals surface area contributed by atoms with Gasteiger partial charge in [0.05, 0.1) is 18.1 Å². The van der Waals surface area contributed by atoms with E-state index in [1.165, 1.54) is 19.2 Å². The minimum absolute atomic E-state index is 0.0690. The summed E-state index contributed by atoms with van der Waals surface area (Å²) in [5.41, 5.74) is 0.416. The summed E-state index contributed by atoms with van der Waals surface area (Å²) in [6.45, 7) is 1.79. The van der Waals surface area contributed by atoms with Gasteiger partial charge in [-0.2, -0.15) is 5.26 Å². The molecule has 0 spiro atoms. The van der Waals surface area contributed by atoms with Crippen molar-refractivity contribution >= 4 is 21.6 Å².